The van der Waals surface area contributed by atoms with Crippen molar-refractivity contribution in [1.29, 1.82) is 0 Å². The van der Waals surface area contributed by atoms with Crippen molar-refractivity contribution in [1.82, 2.24) is 5.32 Å². The van der Waals surface area contributed by atoms with Crippen molar-refractivity contribution < 1.29 is 19.1 Å². The van der Waals surface area contributed by atoms with Gasteiger partial charge < -0.3 is 25.0 Å². The molecule has 1 fully saturated rings. The Bertz CT molecular complexity index is 961. The van der Waals surface area contributed by atoms with Gasteiger partial charge >= 0.3 is 6.03 Å². The molecule has 3 rings (SSSR count). The standard InChI is InChI=1S/C23H25N3O4/c1-29-20-13-10-18(16-21(20)30-2)25-23(28)24-14-5-6-17-8-11-19(12-9-17)26-15-4-3-7-22(26)27/h8-13,16H,3-4,7,14-15H2,1-2H3,(H2,24,25,28). The SMILES string of the molecule is COc1ccc(NC(=O)NCC#Cc2ccc(N3CCCCC3=O)cc2)cc1OC. The van der Waals surface area contributed by atoms with Gasteiger partial charge in [0.1, 0.15) is 0 Å². The van der Waals surface area contributed by atoms with E-state index >= 15 is 0 Å². The zero-order chi connectivity index (χ0) is 21.3. The van der Waals surface area contributed by atoms with Crippen molar-refractivity contribution in [2.24, 2.45) is 0 Å². The zero-order valence-corrected chi connectivity index (χ0v) is 17.2. The van der Waals surface area contributed by atoms with Crippen LogP contribution >= 0.6 is 0 Å². The molecule has 1 heterocycles. The van der Waals surface area contributed by atoms with Gasteiger partial charge in [0.25, 0.3) is 0 Å². The fourth-order valence-electron chi connectivity index (χ4n) is 3.16. The van der Waals surface area contributed by atoms with Crippen LogP contribution in [-0.2, 0) is 4.79 Å². The maximum Gasteiger partial charge on any atom is 0.319 e. The summed E-state index contributed by atoms with van der Waals surface area (Å²) in [6.45, 7) is 0.967. The molecule has 7 nitrogen and oxygen atoms in total. The van der Waals surface area contributed by atoms with E-state index in [0.29, 0.717) is 23.6 Å². The van der Waals surface area contributed by atoms with Crippen molar-refractivity contribution in [3.05, 3.63) is 48.0 Å². The number of hydrogen-bond acceptors (Lipinski definition) is 4. The largest absolute Gasteiger partial charge is 0.493 e. The van der Waals surface area contributed by atoms with Crippen molar-refractivity contribution in [2.45, 2.75) is 19.3 Å². The van der Waals surface area contributed by atoms with Crippen LogP contribution in [-0.4, -0.2) is 39.2 Å². The highest BCUT2D eigenvalue weighted by Crippen LogP contribution is 2.29. The molecule has 0 spiro atoms. The van der Waals surface area contributed by atoms with Gasteiger partial charge in [0, 0.05) is 36.0 Å². The van der Waals surface area contributed by atoms with Gasteiger partial charge in [0.15, 0.2) is 11.5 Å². The summed E-state index contributed by atoms with van der Waals surface area (Å²) < 4.78 is 10.4. The molecule has 156 valence electrons. The molecule has 1 saturated heterocycles. The lowest BCUT2D eigenvalue weighted by Gasteiger charge is -2.26. The van der Waals surface area contributed by atoms with Crippen LogP contribution in [0.25, 0.3) is 0 Å². The Morgan fingerprint density at radius 1 is 1.07 bits per heavy atom. The summed E-state index contributed by atoms with van der Waals surface area (Å²) in [4.78, 5) is 25.8. The van der Waals surface area contributed by atoms with Gasteiger partial charge in [-0.05, 0) is 49.2 Å². The Balaban J connectivity index is 1.50. The van der Waals surface area contributed by atoms with E-state index in [9.17, 15) is 9.59 Å². The van der Waals surface area contributed by atoms with Crippen LogP contribution < -0.4 is 25.0 Å². The Labute approximate surface area is 176 Å². The number of carbonyl (C=O) groups is 2. The summed E-state index contributed by atoms with van der Waals surface area (Å²) in [5.41, 5.74) is 2.31. The maximum absolute atomic E-state index is 12.0. The number of rotatable bonds is 5. The summed E-state index contributed by atoms with van der Waals surface area (Å²) in [6, 6.07) is 12.3. The number of benzene rings is 2. The molecule has 0 bridgehead atoms. The molecule has 2 aromatic rings. The van der Waals surface area contributed by atoms with E-state index in [-0.39, 0.29) is 18.5 Å². The Hall–Kier alpha value is -3.66. The lowest BCUT2D eigenvalue weighted by molar-refractivity contribution is -0.119. The van der Waals surface area contributed by atoms with E-state index in [4.69, 9.17) is 9.47 Å². The van der Waals surface area contributed by atoms with E-state index in [2.05, 4.69) is 22.5 Å². The minimum absolute atomic E-state index is 0.171. The molecule has 2 N–H and O–H groups in total. The number of hydrogen-bond donors (Lipinski definition) is 2. The van der Waals surface area contributed by atoms with Gasteiger partial charge in [0.05, 0.1) is 20.8 Å². The third kappa shape index (κ3) is 5.45. The van der Waals surface area contributed by atoms with Gasteiger partial charge in [-0.3, -0.25) is 4.79 Å². The molecular weight excluding hydrogens is 382 g/mol. The highest BCUT2D eigenvalue weighted by atomic mass is 16.5. The molecule has 0 radical (unpaired) electrons. The molecule has 0 aromatic heterocycles. The molecule has 2 aromatic carbocycles. The number of methoxy groups -OCH3 is 2. The van der Waals surface area contributed by atoms with Crippen LogP contribution in [0.15, 0.2) is 42.5 Å². The van der Waals surface area contributed by atoms with Gasteiger partial charge in [-0.25, -0.2) is 4.79 Å². The minimum atomic E-state index is -0.365. The molecular formula is C23H25N3O4. The lowest BCUT2D eigenvalue weighted by atomic mass is 10.1. The Morgan fingerprint density at radius 2 is 1.83 bits per heavy atom. The highest BCUT2D eigenvalue weighted by Gasteiger charge is 2.19. The quantitative estimate of drug-likeness (QED) is 0.745. The van der Waals surface area contributed by atoms with Gasteiger partial charge in [-0.15, -0.1) is 0 Å². The van der Waals surface area contributed by atoms with Crippen LogP contribution in [0.1, 0.15) is 24.8 Å². The number of nitrogens with zero attached hydrogens (tertiary/aromatic N) is 1. The fraction of sp³-hybridized carbons (Fsp3) is 0.304. The molecule has 0 saturated carbocycles. The van der Waals surface area contributed by atoms with Crippen LogP contribution in [0.5, 0.6) is 11.5 Å². The predicted molar refractivity (Wildman–Crippen MR) is 116 cm³/mol. The van der Waals surface area contributed by atoms with E-state index in [1.165, 1.54) is 7.11 Å². The molecule has 30 heavy (non-hydrogen) atoms. The average molecular weight is 407 g/mol. The molecule has 1 aliphatic rings. The van der Waals surface area contributed by atoms with Gasteiger partial charge in [-0.1, -0.05) is 11.8 Å². The topological polar surface area (TPSA) is 79.9 Å². The fourth-order valence-corrected chi connectivity index (χ4v) is 3.16. The predicted octanol–water partition coefficient (Wildman–Crippen LogP) is 3.39. The van der Waals surface area contributed by atoms with Crippen molar-refractivity contribution in [3.8, 4) is 23.3 Å². The summed E-state index contributed by atoms with van der Waals surface area (Å²) in [5, 5.41) is 5.41. The number of urea groups is 1. The van der Waals surface area contributed by atoms with Crippen LogP contribution in [0.4, 0.5) is 16.2 Å². The lowest BCUT2D eigenvalue weighted by Crippen LogP contribution is -2.35. The average Bonchev–Trinajstić information content (AvgIpc) is 2.77. The monoisotopic (exact) mass is 407 g/mol. The van der Waals surface area contributed by atoms with Crippen molar-refractivity contribution in [2.75, 3.05) is 37.5 Å². The molecule has 1 aliphatic heterocycles. The second kappa shape index (κ2) is 10.2. The minimum Gasteiger partial charge on any atom is -0.493 e. The molecule has 0 aliphatic carbocycles. The number of carbonyl (C=O) groups excluding carboxylic acids is 2. The number of ether oxygens (including phenoxy) is 2. The first-order valence-electron chi connectivity index (χ1n) is 9.77. The van der Waals surface area contributed by atoms with Crippen LogP contribution in [0, 0.1) is 11.8 Å². The number of amides is 3. The van der Waals surface area contributed by atoms with Crippen LogP contribution in [0.3, 0.4) is 0 Å². The van der Waals surface area contributed by atoms with Gasteiger partial charge in [0.2, 0.25) is 5.91 Å². The van der Waals surface area contributed by atoms with E-state index in [1.54, 1.807) is 25.3 Å². The Morgan fingerprint density at radius 3 is 2.53 bits per heavy atom. The summed E-state index contributed by atoms with van der Waals surface area (Å²) in [6.07, 6.45) is 2.61. The van der Waals surface area contributed by atoms with Gasteiger partial charge in [-0.2, -0.15) is 0 Å². The molecule has 3 amide bonds. The van der Waals surface area contributed by atoms with Crippen molar-refractivity contribution >= 4 is 23.3 Å². The van der Waals surface area contributed by atoms with E-state index < -0.39 is 0 Å². The first-order chi connectivity index (χ1) is 14.6. The molecule has 7 heteroatoms. The summed E-state index contributed by atoms with van der Waals surface area (Å²) in [7, 11) is 3.09. The maximum atomic E-state index is 12.0. The highest BCUT2D eigenvalue weighted by molar-refractivity contribution is 5.94. The summed E-state index contributed by atoms with van der Waals surface area (Å²) in [5.74, 6) is 7.22. The zero-order valence-electron chi connectivity index (χ0n) is 17.2. The first-order valence-corrected chi connectivity index (χ1v) is 9.77. The normalized spacial score (nSPS) is 13.1. The number of piperidine rings is 1. The third-order valence-electron chi connectivity index (χ3n) is 4.71. The first kappa shape index (κ1) is 21.1. The Kier molecular flexibility index (Phi) is 7.17. The van der Waals surface area contributed by atoms with E-state index in [1.807, 2.05) is 29.2 Å². The number of anilines is 2. The third-order valence-corrected chi connectivity index (χ3v) is 4.71. The van der Waals surface area contributed by atoms with E-state index in [0.717, 1.165) is 30.6 Å². The molecule has 0 atom stereocenters. The smallest absolute Gasteiger partial charge is 0.319 e. The number of nitrogens with one attached hydrogen (secondary N) is 2. The second-order valence-corrected chi connectivity index (χ2v) is 6.73. The molecule has 0 unspecified atom stereocenters. The van der Waals surface area contributed by atoms with Crippen molar-refractivity contribution in [3.63, 3.8) is 0 Å². The van der Waals surface area contributed by atoms with Crippen LogP contribution in [0.2, 0.25) is 0 Å². The second-order valence-electron chi connectivity index (χ2n) is 6.73. The summed E-state index contributed by atoms with van der Waals surface area (Å²) >= 11 is 0.